The third-order valence-electron chi connectivity index (χ3n) is 4.44. The summed E-state index contributed by atoms with van der Waals surface area (Å²) in [6.45, 7) is 8.96. The predicted molar refractivity (Wildman–Crippen MR) is 114 cm³/mol. The van der Waals surface area contributed by atoms with E-state index in [-0.39, 0.29) is 41.9 Å². The van der Waals surface area contributed by atoms with Gasteiger partial charge >= 0.3 is 6.09 Å². The van der Waals surface area contributed by atoms with Crippen LogP contribution in [0.2, 0.25) is 0 Å². The van der Waals surface area contributed by atoms with Crippen molar-refractivity contribution in [3.05, 3.63) is 35.6 Å². The number of aliphatic imine (C=N–C) groups is 1. The number of halogens is 2. The van der Waals surface area contributed by atoms with E-state index in [2.05, 4.69) is 15.2 Å². The molecule has 1 fully saturated rings. The molecule has 2 aliphatic heterocycles. The zero-order valence-electron chi connectivity index (χ0n) is 16.1. The van der Waals surface area contributed by atoms with Crippen LogP contribution in [0.25, 0.3) is 0 Å². The summed E-state index contributed by atoms with van der Waals surface area (Å²) in [5.74, 6) is 0.661. The second kappa shape index (κ2) is 9.07. The van der Waals surface area contributed by atoms with Crippen molar-refractivity contribution in [2.24, 2.45) is 4.99 Å². The molecule has 0 aliphatic carbocycles. The number of guanidine groups is 1. The zero-order valence-corrected chi connectivity index (χ0v) is 18.4. The van der Waals surface area contributed by atoms with Gasteiger partial charge in [-0.05, 0) is 44.9 Å². The van der Waals surface area contributed by atoms with E-state index in [9.17, 15) is 9.18 Å². The first-order chi connectivity index (χ1) is 12.3. The molecule has 2 aliphatic rings. The molecule has 3 rings (SSSR count). The van der Waals surface area contributed by atoms with Gasteiger partial charge in [0.05, 0.1) is 12.6 Å². The van der Waals surface area contributed by atoms with Crippen LogP contribution in [0.1, 0.15) is 26.3 Å². The summed E-state index contributed by atoms with van der Waals surface area (Å²) >= 11 is 0. The number of hydrogen-bond acceptors (Lipinski definition) is 5. The molecular formula is C19H28FIN4O2. The van der Waals surface area contributed by atoms with Crippen molar-refractivity contribution in [3.8, 4) is 0 Å². The topological polar surface area (TPSA) is 57.2 Å². The van der Waals surface area contributed by atoms with Gasteiger partial charge < -0.3 is 19.9 Å². The average molecular weight is 490 g/mol. The van der Waals surface area contributed by atoms with Crippen LogP contribution in [0.5, 0.6) is 0 Å². The summed E-state index contributed by atoms with van der Waals surface area (Å²) in [5.41, 5.74) is 0.478. The zero-order chi connectivity index (χ0) is 18.7. The van der Waals surface area contributed by atoms with Crippen LogP contribution in [0.15, 0.2) is 29.3 Å². The molecule has 27 heavy (non-hydrogen) atoms. The maximum atomic E-state index is 13.2. The second-order valence-electron chi connectivity index (χ2n) is 7.74. The number of amides is 1. The standard InChI is InChI=1S/C19H27FN4O2.HI/c1-19(2,3)26-18(25)23-9-10-24-16(13-23)12-22-17(24)21-8-7-14-5-4-6-15(20)11-14;/h4-6,11,16H,7-10,12-13H2,1-3H3,(H,21,22);1H. The van der Waals surface area contributed by atoms with Gasteiger partial charge in [0.25, 0.3) is 0 Å². The van der Waals surface area contributed by atoms with Crippen molar-refractivity contribution in [1.29, 1.82) is 0 Å². The minimum atomic E-state index is -0.482. The van der Waals surface area contributed by atoms with Gasteiger partial charge in [-0.25, -0.2) is 9.18 Å². The van der Waals surface area contributed by atoms with Crippen molar-refractivity contribution < 1.29 is 13.9 Å². The minimum absolute atomic E-state index is 0. The lowest BCUT2D eigenvalue weighted by Gasteiger charge is -2.39. The molecule has 0 aromatic heterocycles. The second-order valence-corrected chi connectivity index (χ2v) is 7.74. The number of fused-ring (bicyclic) bond motifs is 1. The Hall–Kier alpha value is -1.58. The van der Waals surface area contributed by atoms with Crippen LogP contribution in [0.4, 0.5) is 9.18 Å². The number of carbonyl (C=O) groups is 1. The Kier molecular flexibility index (Phi) is 7.30. The molecule has 8 heteroatoms. The number of nitrogens with one attached hydrogen (secondary N) is 1. The van der Waals surface area contributed by atoms with Gasteiger partial charge in [0.2, 0.25) is 0 Å². The number of rotatable bonds is 3. The molecule has 0 spiro atoms. The minimum Gasteiger partial charge on any atom is -0.444 e. The molecule has 1 aromatic carbocycles. The summed E-state index contributed by atoms with van der Waals surface area (Å²) in [6, 6.07) is 6.84. The SMILES string of the molecule is CC(C)(C)OC(=O)N1CCN2C(NCCc3cccc(F)c3)=NCC2C1.I. The van der Waals surface area contributed by atoms with Crippen LogP contribution >= 0.6 is 24.0 Å². The van der Waals surface area contributed by atoms with Crippen LogP contribution in [0.3, 0.4) is 0 Å². The van der Waals surface area contributed by atoms with Gasteiger partial charge in [-0.15, -0.1) is 24.0 Å². The first-order valence-corrected chi connectivity index (χ1v) is 9.09. The van der Waals surface area contributed by atoms with Crippen molar-refractivity contribution >= 4 is 36.0 Å². The average Bonchev–Trinajstić information content (AvgIpc) is 2.96. The third kappa shape index (κ3) is 5.95. The van der Waals surface area contributed by atoms with Gasteiger partial charge in [0, 0.05) is 26.2 Å². The van der Waals surface area contributed by atoms with Crippen LogP contribution < -0.4 is 5.32 Å². The highest BCUT2D eigenvalue weighted by Crippen LogP contribution is 2.18. The molecule has 150 valence electrons. The molecule has 1 N–H and O–H groups in total. The van der Waals surface area contributed by atoms with Crippen LogP contribution in [-0.2, 0) is 11.2 Å². The quantitative estimate of drug-likeness (QED) is 0.663. The van der Waals surface area contributed by atoms with E-state index in [1.54, 1.807) is 17.0 Å². The molecule has 1 amide bonds. The normalized spacial score (nSPS) is 19.1. The van der Waals surface area contributed by atoms with E-state index in [4.69, 9.17) is 4.74 Å². The van der Waals surface area contributed by atoms with Crippen molar-refractivity contribution in [1.82, 2.24) is 15.1 Å². The lowest BCUT2D eigenvalue weighted by Crippen LogP contribution is -2.57. The Labute approximate surface area is 177 Å². The maximum Gasteiger partial charge on any atom is 0.410 e. The first kappa shape index (κ1) is 21.7. The lowest BCUT2D eigenvalue weighted by atomic mass is 10.1. The Balaban J connectivity index is 0.00000261. The number of nitrogens with zero attached hydrogens (tertiary/aromatic N) is 3. The largest absolute Gasteiger partial charge is 0.444 e. The van der Waals surface area contributed by atoms with Gasteiger partial charge in [-0.1, -0.05) is 12.1 Å². The summed E-state index contributed by atoms with van der Waals surface area (Å²) in [5, 5.41) is 3.35. The number of hydrogen-bond donors (Lipinski definition) is 1. The van der Waals surface area contributed by atoms with E-state index in [0.717, 1.165) is 24.5 Å². The molecule has 6 nitrogen and oxygen atoms in total. The summed E-state index contributed by atoms with van der Waals surface area (Å²) in [7, 11) is 0. The lowest BCUT2D eigenvalue weighted by molar-refractivity contribution is 0.0137. The number of piperazine rings is 1. The van der Waals surface area contributed by atoms with E-state index < -0.39 is 5.60 Å². The van der Waals surface area contributed by atoms with E-state index in [1.165, 1.54) is 6.07 Å². The molecule has 0 radical (unpaired) electrons. The molecule has 1 saturated heterocycles. The molecule has 2 heterocycles. The number of benzene rings is 1. The van der Waals surface area contributed by atoms with Gasteiger partial charge in [-0.2, -0.15) is 0 Å². The highest BCUT2D eigenvalue weighted by molar-refractivity contribution is 14.0. The Morgan fingerprint density at radius 2 is 2.15 bits per heavy atom. The van der Waals surface area contributed by atoms with Gasteiger partial charge in [0.1, 0.15) is 11.4 Å². The fraction of sp³-hybridized carbons (Fsp3) is 0.579. The Morgan fingerprint density at radius 3 is 2.85 bits per heavy atom. The predicted octanol–water partition coefficient (Wildman–Crippen LogP) is 2.87. The maximum absolute atomic E-state index is 13.2. The molecule has 1 atom stereocenters. The molecule has 1 unspecified atom stereocenters. The molecular weight excluding hydrogens is 462 g/mol. The van der Waals surface area contributed by atoms with Crippen LogP contribution in [0, 0.1) is 5.82 Å². The smallest absolute Gasteiger partial charge is 0.410 e. The Bertz CT molecular complexity index is 693. The van der Waals surface area contributed by atoms with E-state index in [0.29, 0.717) is 26.2 Å². The van der Waals surface area contributed by atoms with Gasteiger partial charge in [-0.3, -0.25) is 4.99 Å². The van der Waals surface area contributed by atoms with Crippen molar-refractivity contribution in [2.75, 3.05) is 32.7 Å². The summed E-state index contributed by atoms with van der Waals surface area (Å²) in [4.78, 5) is 20.8. The fourth-order valence-corrected chi connectivity index (χ4v) is 3.23. The highest BCUT2D eigenvalue weighted by Gasteiger charge is 2.36. The number of ether oxygens (including phenoxy) is 1. The van der Waals surface area contributed by atoms with Crippen molar-refractivity contribution in [2.45, 2.75) is 38.8 Å². The van der Waals surface area contributed by atoms with E-state index >= 15 is 0 Å². The molecule has 0 bridgehead atoms. The molecule has 0 saturated carbocycles. The Morgan fingerprint density at radius 1 is 1.37 bits per heavy atom. The summed E-state index contributed by atoms with van der Waals surface area (Å²) < 4.78 is 18.7. The monoisotopic (exact) mass is 490 g/mol. The van der Waals surface area contributed by atoms with Crippen molar-refractivity contribution in [3.63, 3.8) is 0 Å². The fourth-order valence-electron chi connectivity index (χ4n) is 3.23. The first-order valence-electron chi connectivity index (χ1n) is 9.09. The summed E-state index contributed by atoms with van der Waals surface area (Å²) in [6.07, 6.45) is 0.476. The molecule has 1 aromatic rings. The third-order valence-corrected chi connectivity index (χ3v) is 4.44. The van der Waals surface area contributed by atoms with Gasteiger partial charge in [0.15, 0.2) is 5.96 Å². The highest BCUT2D eigenvalue weighted by atomic mass is 127. The number of carbonyl (C=O) groups excluding carboxylic acids is 1. The van der Waals surface area contributed by atoms with Crippen LogP contribution in [-0.4, -0.2) is 66.2 Å². The van der Waals surface area contributed by atoms with E-state index in [1.807, 2.05) is 26.8 Å².